The van der Waals surface area contributed by atoms with Crippen molar-refractivity contribution in [2.45, 2.75) is 25.4 Å². The number of halogens is 1. The third-order valence-corrected chi connectivity index (χ3v) is 4.23. The van der Waals surface area contributed by atoms with Crippen LogP contribution in [0.15, 0.2) is 41.8 Å². The molecule has 1 heterocycles. The van der Waals surface area contributed by atoms with Crippen molar-refractivity contribution in [1.82, 2.24) is 5.32 Å². The van der Waals surface area contributed by atoms with Crippen LogP contribution in [0.4, 0.5) is 4.39 Å². The summed E-state index contributed by atoms with van der Waals surface area (Å²) in [6.07, 6.45) is 0.331. The highest BCUT2D eigenvalue weighted by atomic mass is 32.1. The van der Waals surface area contributed by atoms with Gasteiger partial charge in [0, 0.05) is 11.4 Å². The lowest BCUT2D eigenvalue weighted by atomic mass is 9.87. The first-order valence-corrected chi connectivity index (χ1v) is 7.23. The van der Waals surface area contributed by atoms with Crippen LogP contribution in [0.25, 0.3) is 0 Å². The van der Waals surface area contributed by atoms with Crippen LogP contribution >= 0.6 is 11.3 Å². The van der Waals surface area contributed by atoms with Gasteiger partial charge in [-0.3, -0.25) is 5.32 Å². The summed E-state index contributed by atoms with van der Waals surface area (Å²) in [5.74, 6) is -1.43. The Morgan fingerprint density at radius 3 is 2.75 bits per heavy atom. The lowest BCUT2D eigenvalue weighted by molar-refractivity contribution is -0.145. The van der Waals surface area contributed by atoms with Crippen molar-refractivity contribution >= 4 is 17.3 Å². The van der Waals surface area contributed by atoms with E-state index in [1.165, 1.54) is 18.2 Å². The first kappa shape index (κ1) is 14.7. The fraction of sp³-hybridized carbons (Fsp3) is 0.267. The number of hydrogen-bond donors (Lipinski definition) is 2. The Hall–Kier alpha value is -1.72. The number of benzene rings is 1. The van der Waals surface area contributed by atoms with Gasteiger partial charge in [0.2, 0.25) is 0 Å². The van der Waals surface area contributed by atoms with Crippen LogP contribution in [0.2, 0.25) is 0 Å². The normalized spacial score (nSPS) is 13.9. The van der Waals surface area contributed by atoms with Crippen molar-refractivity contribution in [2.24, 2.45) is 0 Å². The van der Waals surface area contributed by atoms with Crippen LogP contribution in [0.3, 0.4) is 0 Å². The van der Waals surface area contributed by atoms with E-state index >= 15 is 0 Å². The summed E-state index contributed by atoms with van der Waals surface area (Å²) in [5, 5.41) is 14.6. The molecular formula is C15H16FNO2S. The Kier molecular flexibility index (Phi) is 4.52. The summed E-state index contributed by atoms with van der Waals surface area (Å²) >= 11 is 1.55. The molecule has 3 nitrogen and oxygen atoms in total. The third kappa shape index (κ3) is 2.89. The van der Waals surface area contributed by atoms with Crippen molar-refractivity contribution in [2.75, 3.05) is 0 Å². The molecule has 1 unspecified atom stereocenters. The van der Waals surface area contributed by atoms with Crippen molar-refractivity contribution in [3.05, 3.63) is 58.0 Å². The molecule has 0 saturated carbocycles. The minimum atomic E-state index is -1.27. The monoisotopic (exact) mass is 293 g/mol. The predicted octanol–water partition coefficient (Wildman–Crippen LogP) is 3.37. The van der Waals surface area contributed by atoms with Gasteiger partial charge < -0.3 is 5.11 Å². The largest absolute Gasteiger partial charge is 0.480 e. The van der Waals surface area contributed by atoms with Crippen LogP contribution in [0.5, 0.6) is 0 Å². The molecule has 5 heteroatoms. The molecule has 1 atom stereocenters. The molecule has 106 valence electrons. The van der Waals surface area contributed by atoms with Gasteiger partial charge in [-0.15, -0.1) is 11.3 Å². The quantitative estimate of drug-likeness (QED) is 0.858. The van der Waals surface area contributed by atoms with Gasteiger partial charge in [-0.25, -0.2) is 9.18 Å². The summed E-state index contributed by atoms with van der Waals surface area (Å²) in [5.41, 5.74) is -0.837. The summed E-state index contributed by atoms with van der Waals surface area (Å²) < 4.78 is 13.4. The maximum atomic E-state index is 13.4. The van der Waals surface area contributed by atoms with E-state index in [1.54, 1.807) is 24.3 Å². The fourth-order valence-corrected chi connectivity index (χ4v) is 2.83. The first-order chi connectivity index (χ1) is 9.58. The molecule has 0 aliphatic rings. The minimum Gasteiger partial charge on any atom is -0.480 e. The molecule has 0 amide bonds. The van der Waals surface area contributed by atoms with Gasteiger partial charge in [-0.1, -0.05) is 25.1 Å². The number of hydrogen-bond acceptors (Lipinski definition) is 3. The van der Waals surface area contributed by atoms with Crippen LogP contribution in [0.1, 0.15) is 23.8 Å². The first-order valence-electron chi connectivity index (χ1n) is 6.35. The Morgan fingerprint density at radius 1 is 1.40 bits per heavy atom. The van der Waals surface area contributed by atoms with Crippen LogP contribution in [-0.2, 0) is 16.9 Å². The van der Waals surface area contributed by atoms with Gasteiger partial charge >= 0.3 is 5.97 Å². The zero-order valence-electron chi connectivity index (χ0n) is 11.1. The van der Waals surface area contributed by atoms with Crippen LogP contribution in [0, 0.1) is 5.82 Å². The fourth-order valence-electron chi connectivity index (χ4n) is 2.19. The van der Waals surface area contributed by atoms with E-state index in [2.05, 4.69) is 5.32 Å². The average molecular weight is 293 g/mol. The number of carboxylic acids is 1. The Bertz CT molecular complexity index is 585. The SMILES string of the molecule is CCC(NCc1cccs1)(C(=O)O)c1cccc(F)c1. The van der Waals surface area contributed by atoms with E-state index in [0.29, 0.717) is 18.5 Å². The van der Waals surface area contributed by atoms with Gasteiger partial charge in [0.25, 0.3) is 0 Å². The Balaban J connectivity index is 2.32. The van der Waals surface area contributed by atoms with E-state index in [1.807, 2.05) is 17.5 Å². The Labute approximate surface area is 121 Å². The second-order valence-electron chi connectivity index (χ2n) is 4.51. The lowest BCUT2D eigenvalue weighted by Crippen LogP contribution is -2.48. The van der Waals surface area contributed by atoms with E-state index in [9.17, 15) is 14.3 Å². The average Bonchev–Trinajstić information content (AvgIpc) is 2.93. The van der Waals surface area contributed by atoms with Gasteiger partial charge in [-0.2, -0.15) is 0 Å². The zero-order chi connectivity index (χ0) is 14.6. The molecule has 1 aromatic heterocycles. The molecule has 0 aliphatic heterocycles. The predicted molar refractivity (Wildman–Crippen MR) is 77.2 cm³/mol. The molecule has 0 fully saturated rings. The maximum absolute atomic E-state index is 13.4. The molecule has 0 aliphatic carbocycles. The second-order valence-corrected chi connectivity index (χ2v) is 5.54. The maximum Gasteiger partial charge on any atom is 0.328 e. The molecule has 0 radical (unpaired) electrons. The van der Waals surface area contributed by atoms with E-state index in [-0.39, 0.29) is 0 Å². The van der Waals surface area contributed by atoms with E-state index in [0.717, 1.165) is 4.88 Å². The van der Waals surface area contributed by atoms with E-state index in [4.69, 9.17) is 0 Å². The lowest BCUT2D eigenvalue weighted by Gasteiger charge is -2.30. The molecule has 0 bridgehead atoms. The highest BCUT2D eigenvalue weighted by Crippen LogP contribution is 2.27. The number of rotatable bonds is 6. The zero-order valence-corrected chi connectivity index (χ0v) is 11.9. The van der Waals surface area contributed by atoms with Crippen LogP contribution < -0.4 is 5.32 Å². The molecule has 0 spiro atoms. The highest BCUT2D eigenvalue weighted by Gasteiger charge is 2.38. The topological polar surface area (TPSA) is 49.3 Å². The second kappa shape index (κ2) is 6.15. The van der Waals surface area contributed by atoms with Crippen molar-refractivity contribution in [1.29, 1.82) is 0 Å². The summed E-state index contributed by atoms with van der Waals surface area (Å²) in [4.78, 5) is 12.8. The van der Waals surface area contributed by atoms with Gasteiger partial charge in [0.1, 0.15) is 11.4 Å². The van der Waals surface area contributed by atoms with Gasteiger partial charge in [0.05, 0.1) is 0 Å². The smallest absolute Gasteiger partial charge is 0.328 e. The van der Waals surface area contributed by atoms with Gasteiger partial charge in [0.15, 0.2) is 0 Å². The number of carbonyl (C=O) groups is 1. The molecule has 1 aromatic carbocycles. The number of nitrogens with one attached hydrogen (secondary N) is 1. The Morgan fingerprint density at radius 2 is 2.20 bits per heavy atom. The summed E-state index contributed by atoms with van der Waals surface area (Å²) in [6.45, 7) is 2.22. The third-order valence-electron chi connectivity index (χ3n) is 3.36. The van der Waals surface area contributed by atoms with Crippen molar-refractivity contribution in [3.8, 4) is 0 Å². The van der Waals surface area contributed by atoms with Crippen molar-refractivity contribution < 1.29 is 14.3 Å². The highest BCUT2D eigenvalue weighted by molar-refractivity contribution is 7.09. The minimum absolute atomic E-state index is 0.331. The number of thiophene rings is 1. The summed E-state index contributed by atoms with van der Waals surface area (Å²) in [7, 11) is 0. The molecule has 2 aromatic rings. The molecule has 2 N–H and O–H groups in total. The molecular weight excluding hydrogens is 277 g/mol. The molecule has 20 heavy (non-hydrogen) atoms. The molecule has 2 rings (SSSR count). The number of aliphatic carboxylic acids is 1. The summed E-state index contributed by atoms with van der Waals surface area (Å²) in [6, 6.07) is 9.61. The van der Waals surface area contributed by atoms with Crippen molar-refractivity contribution in [3.63, 3.8) is 0 Å². The van der Waals surface area contributed by atoms with E-state index < -0.39 is 17.3 Å². The number of carboxylic acid groups (broad SMARTS) is 1. The standard InChI is InChI=1S/C15H16FNO2S/c1-2-15(14(18)19,11-5-3-6-12(16)9-11)17-10-13-7-4-8-20-13/h3-9,17H,2,10H2,1H3,(H,18,19). The van der Waals surface area contributed by atoms with Gasteiger partial charge in [-0.05, 0) is 35.6 Å². The molecule has 0 saturated heterocycles. The van der Waals surface area contributed by atoms with Crippen LogP contribution in [-0.4, -0.2) is 11.1 Å².